The van der Waals surface area contributed by atoms with Crippen LogP contribution in [-0.2, 0) is 11.3 Å². The first kappa shape index (κ1) is 20.1. The summed E-state index contributed by atoms with van der Waals surface area (Å²) in [5.74, 6) is -0.0347. The van der Waals surface area contributed by atoms with Crippen molar-refractivity contribution in [1.29, 1.82) is 0 Å². The maximum absolute atomic E-state index is 12.6. The molecule has 4 nitrogen and oxygen atoms in total. The summed E-state index contributed by atoms with van der Waals surface area (Å²) in [5.41, 5.74) is 4.19. The van der Waals surface area contributed by atoms with Gasteiger partial charge in [-0.1, -0.05) is 47.5 Å². The largest absolute Gasteiger partial charge is 0.340 e. The molecule has 1 aromatic heterocycles. The van der Waals surface area contributed by atoms with Crippen molar-refractivity contribution in [1.82, 2.24) is 9.47 Å². The molecule has 0 unspecified atom stereocenters. The van der Waals surface area contributed by atoms with Crippen LogP contribution in [0.2, 0.25) is 10.0 Å². The Labute approximate surface area is 183 Å². The molecule has 7 heteroatoms. The average molecular weight is 444 g/mol. The van der Waals surface area contributed by atoms with E-state index < -0.39 is 0 Å². The molecule has 0 radical (unpaired) electrons. The lowest BCUT2D eigenvalue weighted by Crippen LogP contribution is -2.23. The maximum atomic E-state index is 12.6. The Bertz CT molecular complexity index is 1200. The van der Waals surface area contributed by atoms with Gasteiger partial charge in [0.25, 0.3) is 5.91 Å². The molecule has 1 aliphatic heterocycles. The van der Waals surface area contributed by atoms with Gasteiger partial charge in [-0.15, -0.1) is 0 Å². The molecular weight excluding hydrogens is 425 g/mol. The van der Waals surface area contributed by atoms with Crippen LogP contribution in [0.3, 0.4) is 0 Å². The van der Waals surface area contributed by atoms with Crippen molar-refractivity contribution < 1.29 is 4.79 Å². The lowest BCUT2D eigenvalue weighted by Gasteiger charge is -2.10. The number of hydrogen-bond acceptors (Lipinski definition) is 3. The molecule has 1 fully saturated rings. The van der Waals surface area contributed by atoms with Gasteiger partial charge in [-0.05, 0) is 48.5 Å². The second-order valence-corrected chi connectivity index (χ2v) is 8.67. The summed E-state index contributed by atoms with van der Waals surface area (Å²) in [5, 5.41) is 3.06. The number of likely N-dealkylation sites (N-methyl/N-ethyl adjacent to an activating group) is 1. The van der Waals surface area contributed by atoms with Gasteiger partial charge in [-0.25, -0.2) is 0 Å². The number of para-hydroxylation sites is 1. The Morgan fingerprint density at radius 3 is 2.62 bits per heavy atom. The molecular formula is C22H19Cl2N3OS. The number of amides is 1. The van der Waals surface area contributed by atoms with Gasteiger partial charge in [0.15, 0.2) is 5.17 Å². The van der Waals surface area contributed by atoms with E-state index >= 15 is 0 Å². The minimum Gasteiger partial charge on any atom is -0.340 e. The van der Waals surface area contributed by atoms with Crippen LogP contribution in [0.25, 0.3) is 17.0 Å². The molecule has 148 valence electrons. The zero-order chi connectivity index (χ0) is 20.7. The van der Waals surface area contributed by atoms with Crippen LogP contribution in [0.5, 0.6) is 0 Å². The Hall–Kier alpha value is -2.21. The number of aliphatic imine (C=N–C) groups is 1. The number of nitrogens with zero attached hydrogens (tertiary/aromatic N) is 3. The molecule has 1 aliphatic rings. The zero-order valence-electron chi connectivity index (χ0n) is 16.2. The monoisotopic (exact) mass is 443 g/mol. The number of amidine groups is 1. The molecule has 1 saturated heterocycles. The number of benzene rings is 2. The summed E-state index contributed by atoms with van der Waals surface area (Å²) < 4.78 is 2.22. The van der Waals surface area contributed by atoms with Crippen LogP contribution in [0, 0.1) is 6.92 Å². The predicted molar refractivity (Wildman–Crippen MR) is 124 cm³/mol. The number of carbonyl (C=O) groups excluding carboxylic acids is 1. The topological polar surface area (TPSA) is 37.6 Å². The van der Waals surface area contributed by atoms with Crippen molar-refractivity contribution in [2.24, 2.45) is 4.99 Å². The van der Waals surface area contributed by atoms with Crippen molar-refractivity contribution in [2.45, 2.75) is 13.5 Å². The molecule has 0 bridgehead atoms. The van der Waals surface area contributed by atoms with E-state index in [1.165, 1.54) is 11.8 Å². The summed E-state index contributed by atoms with van der Waals surface area (Å²) in [6.45, 7) is 2.69. The number of halogens is 2. The molecule has 0 spiro atoms. The van der Waals surface area contributed by atoms with E-state index in [-0.39, 0.29) is 5.91 Å². The van der Waals surface area contributed by atoms with Crippen molar-refractivity contribution in [3.8, 4) is 0 Å². The van der Waals surface area contributed by atoms with E-state index in [0.717, 1.165) is 27.7 Å². The van der Waals surface area contributed by atoms with Crippen LogP contribution in [-0.4, -0.2) is 34.6 Å². The summed E-state index contributed by atoms with van der Waals surface area (Å²) in [6, 6.07) is 13.8. The second-order valence-electron chi connectivity index (χ2n) is 6.82. The van der Waals surface area contributed by atoms with Crippen LogP contribution in [0.4, 0.5) is 0 Å². The highest BCUT2D eigenvalue weighted by molar-refractivity contribution is 8.18. The van der Waals surface area contributed by atoms with Crippen molar-refractivity contribution in [3.05, 3.63) is 74.2 Å². The Kier molecular flexibility index (Phi) is 5.47. The molecule has 0 atom stereocenters. The fourth-order valence-corrected chi connectivity index (χ4v) is 4.92. The van der Waals surface area contributed by atoms with E-state index in [1.807, 2.05) is 30.3 Å². The van der Waals surface area contributed by atoms with Gasteiger partial charge in [0.1, 0.15) is 0 Å². The van der Waals surface area contributed by atoms with E-state index in [9.17, 15) is 4.79 Å². The number of carbonyl (C=O) groups is 1. The first-order valence-corrected chi connectivity index (χ1v) is 10.6. The number of hydrogen-bond donors (Lipinski definition) is 0. The van der Waals surface area contributed by atoms with Crippen molar-refractivity contribution in [3.63, 3.8) is 0 Å². The van der Waals surface area contributed by atoms with Crippen LogP contribution < -0.4 is 0 Å². The summed E-state index contributed by atoms with van der Waals surface area (Å²) in [6.07, 6.45) is 1.97. The highest BCUT2D eigenvalue weighted by Crippen LogP contribution is 2.35. The van der Waals surface area contributed by atoms with Gasteiger partial charge in [-0.3, -0.25) is 14.7 Å². The molecule has 2 aromatic carbocycles. The number of fused-ring (bicyclic) bond motifs is 1. The second kappa shape index (κ2) is 7.90. The summed E-state index contributed by atoms with van der Waals surface area (Å²) in [4.78, 5) is 19.1. The maximum Gasteiger partial charge on any atom is 0.266 e. The average Bonchev–Trinajstić information content (AvgIpc) is 3.13. The predicted octanol–water partition coefficient (Wildman–Crippen LogP) is 5.84. The van der Waals surface area contributed by atoms with Gasteiger partial charge in [0.05, 0.1) is 4.91 Å². The Morgan fingerprint density at radius 1 is 1.17 bits per heavy atom. The van der Waals surface area contributed by atoms with Gasteiger partial charge in [0.2, 0.25) is 0 Å². The van der Waals surface area contributed by atoms with Crippen molar-refractivity contribution >= 4 is 63.0 Å². The van der Waals surface area contributed by atoms with Crippen LogP contribution in [0.15, 0.2) is 52.4 Å². The minimum atomic E-state index is -0.0347. The number of aromatic nitrogens is 1. The Morgan fingerprint density at radius 2 is 1.93 bits per heavy atom. The minimum absolute atomic E-state index is 0.0347. The smallest absolute Gasteiger partial charge is 0.266 e. The normalized spacial score (nSPS) is 17.3. The molecule has 4 rings (SSSR count). The fourth-order valence-electron chi connectivity index (χ4n) is 3.54. The summed E-state index contributed by atoms with van der Waals surface area (Å²) in [7, 11) is 3.44. The fraction of sp³-hybridized carbons (Fsp3) is 0.182. The molecule has 2 heterocycles. The number of thioether (sulfide) groups is 1. The third-order valence-electron chi connectivity index (χ3n) is 5.09. The van der Waals surface area contributed by atoms with Gasteiger partial charge < -0.3 is 4.57 Å². The molecule has 1 amide bonds. The third kappa shape index (κ3) is 3.59. The lowest BCUT2D eigenvalue weighted by molar-refractivity contribution is -0.121. The first-order chi connectivity index (χ1) is 13.9. The summed E-state index contributed by atoms with van der Waals surface area (Å²) >= 11 is 13.9. The standard InChI is InChI=1S/C22H19Cl2N3OS/c1-13-17(11-20-21(28)26(3)22(25-2)29-20)16-6-4-5-7-19(16)27(13)12-14-8-9-15(23)10-18(14)24/h4-11H,12H2,1-3H3/b20-11-,25-22?. The molecule has 0 aliphatic carbocycles. The van der Waals surface area contributed by atoms with E-state index in [0.29, 0.717) is 26.7 Å². The SMILES string of the molecule is CN=C1S/C(=C\c2c(C)n(Cc3ccc(Cl)cc3Cl)c3ccccc23)C(=O)N1C. The van der Waals surface area contributed by atoms with Gasteiger partial charge in [-0.2, -0.15) is 0 Å². The highest BCUT2D eigenvalue weighted by atomic mass is 35.5. The van der Waals surface area contributed by atoms with Crippen LogP contribution in [0.1, 0.15) is 16.8 Å². The van der Waals surface area contributed by atoms with Gasteiger partial charge >= 0.3 is 0 Å². The van der Waals surface area contributed by atoms with E-state index in [4.69, 9.17) is 23.2 Å². The third-order valence-corrected chi connectivity index (χ3v) is 6.83. The quantitative estimate of drug-likeness (QED) is 0.477. The Balaban J connectivity index is 1.84. The zero-order valence-corrected chi connectivity index (χ0v) is 18.6. The van der Waals surface area contributed by atoms with E-state index in [1.54, 1.807) is 25.1 Å². The van der Waals surface area contributed by atoms with Crippen molar-refractivity contribution in [2.75, 3.05) is 14.1 Å². The molecule has 0 N–H and O–H groups in total. The lowest BCUT2D eigenvalue weighted by atomic mass is 10.1. The molecule has 0 saturated carbocycles. The first-order valence-electron chi connectivity index (χ1n) is 9.07. The van der Waals surface area contributed by atoms with Crippen LogP contribution >= 0.6 is 35.0 Å². The number of rotatable bonds is 3. The molecule has 29 heavy (non-hydrogen) atoms. The molecule has 3 aromatic rings. The highest BCUT2D eigenvalue weighted by Gasteiger charge is 2.30. The van der Waals surface area contributed by atoms with Gasteiger partial charge in [0, 0.05) is 52.8 Å². The van der Waals surface area contributed by atoms with E-state index in [2.05, 4.69) is 28.6 Å².